The van der Waals surface area contributed by atoms with Crippen molar-refractivity contribution in [2.45, 2.75) is 88.6 Å². The number of halogens is 3. The summed E-state index contributed by atoms with van der Waals surface area (Å²) < 4.78 is 63.6. The highest BCUT2D eigenvalue weighted by Crippen LogP contribution is 2.49. The molecule has 7 rings (SSSR count). The number of fused-ring (bicyclic) bond motifs is 5. The fourth-order valence-electron chi connectivity index (χ4n) is 8.46. The van der Waals surface area contributed by atoms with Gasteiger partial charge in [0.05, 0.1) is 30.3 Å². The number of hydrogen-bond acceptors (Lipinski definition) is 7. The summed E-state index contributed by atoms with van der Waals surface area (Å²) >= 11 is 6.44. The molecule has 0 aromatic heterocycles. The monoisotopic (exact) mass is 731 g/mol. The van der Waals surface area contributed by atoms with Crippen molar-refractivity contribution in [3.8, 4) is 5.75 Å². The predicted molar refractivity (Wildman–Crippen MR) is 187 cm³/mol. The number of allylic oxidation sites excluding steroid dienone is 1. The molecule has 2 saturated carbocycles. The number of carbonyl (C=O) groups is 2. The minimum Gasteiger partial charge on any atom is -0.490 e. The van der Waals surface area contributed by atoms with Gasteiger partial charge in [0.2, 0.25) is 5.91 Å². The normalized spacial score (nSPS) is 34.4. The van der Waals surface area contributed by atoms with Crippen molar-refractivity contribution in [3.05, 3.63) is 70.3 Å². The van der Waals surface area contributed by atoms with Crippen LogP contribution in [0.5, 0.6) is 5.75 Å². The molecule has 2 fully saturated rings. The van der Waals surface area contributed by atoms with E-state index in [0.717, 1.165) is 37.8 Å². The van der Waals surface area contributed by atoms with E-state index in [-0.39, 0.29) is 53.6 Å². The van der Waals surface area contributed by atoms with Crippen LogP contribution in [-0.2, 0) is 36.0 Å². The van der Waals surface area contributed by atoms with Gasteiger partial charge in [0.25, 0.3) is 5.91 Å². The number of methoxy groups -OCH3 is 1. The number of alkyl halides is 2. The lowest BCUT2D eigenvalue weighted by Crippen LogP contribution is -2.56. The summed E-state index contributed by atoms with van der Waals surface area (Å²) in [5.41, 5.74) is 3.18. The molecule has 2 amide bonds. The summed E-state index contributed by atoms with van der Waals surface area (Å²) in [5, 5.41) is 0.716. The Morgan fingerprint density at radius 3 is 2.76 bits per heavy atom. The fraction of sp³-hybridized carbons (Fsp3) is 0.568. The number of nitrogens with one attached hydrogen (secondary N) is 1. The molecule has 270 valence electrons. The van der Waals surface area contributed by atoms with Crippen molar-refractivity contribution in [1.29, 1.82) is 0 Å². The SMILES string of the molecule is CO[C@H]1/C=C/C[C@H](C)CS(=O)(NC(=O)[C@H]2C[C@@H](OC(F)F)C2)=NC(=O)c2ccc3c(c2)N(C[C@@]2(CCCc4cc(Cl)ccc42)CO3)C2CC[C@H]21. The molecule has 2 heterocycles. The summed E-state index contributed by atoms with van der Waals surface area (Å²) in [6.07, 6.45) is 8.70. The maximum atomic E-state index is 14.4. The van der Waals surface area contributed by atoms with Gasteiger partial charge in [-0.15, -0.1) is 4.36 Å². The topological polar surface area (TPSA) is 107 Å². The largest absolute Gasteiger partial charge is 0.490 e. The standard InChI is InChI=1S/C37H44ClF2N3O6S/c1-22-5-3-7-32(47-2)28-10-12-30(28)43-20-37(14-4-6-23-15-26(38)9-11-29(23)37)21-48-33-13-8-24(18-31(33)43)34(44)41-50(46,19-22)42-35(45)25-16-27(17-25)49-36(39)40/h3,7-9,11,13,15,18,22,25,27-28,30,32,36H,4-6,10,12,14,16-17,19-21H2,1-2H3,(H,41,42,44,45,46)/b7-3+/t22-,25-,27+,28+,30?,32-,37-,50?/m0/s1. The highest BCUT2D eigenvalue weighted by atomic mass is 35.5. The second-order valence-corrected chi connectivity index (χ2v) is 17.1. The van der Waals surface area contributed by atoms with Crippen LogP contribution in [0.4, 0.5) is 14.5 Å². The second-order valence-electron chi connectivity index (χ2n) is 14.7. The Balaban J connectivity index is 1.26. The molecule has 2 aromatic rings. The van der Waals surface area contributed by atoms with Crippen molar-refractivity contribution < 1.29 is 36.8 Å². The van der Waals surface area contributed by atoms with Crippen molar-refractivity contribution in [2.24, 2.45) is 22.1 Å². The lowest BCUT2D eigenvalue weighted by molar-refractivity contribution is -0.192. The molecule has 9 nitrogen and oxygen atoms in total. The van der Waals surface area contributed by atoms with Crippen molar-refractivity contribution >= 4 is 39.0 Å². The van der Waals surface area contributed by atoms with Gasteiger partial charge in [-0.05, 0) is 98.7 Å². The molecular weight excluding hydrogens is 688 g/mol. The van der Waals surface area contributed by atoms with Crippen molar-refractivity contribution in [2.75, 3.05) is 30.9 Å². The average molecular weight is 732 g/mol. The van der Waals surface area contributed by atoms with Gasteiger partial charge >= 0.3 is 6.61 Å². The molecule has 6 atom stereocenters. The first-order valence-corrected chi connectivity index (χ1v) is 19.6. The molecule has 0 saturated heterocycles. The molecule has 1 N–H and O–H groups in total. The van der Waals surface area contributed by atoms with Crippen LogP contribution in [0.1, 0.15) is 73.4 Å². The summed E-state index contributed by atoms with van der Waals surface area (Å²) in [6, 6.07) is 11.5. The quantitative estimate of drug-likeness (QED) is 0.335. The van der Waals surface area contributed by atoms with Crippen LogP contribution in [0, 0.1) is 17.8 Å². The van der Waals surface area contributed by atoms with E-state index >= 15 is 0 Å². The van der Waals surface area contributed by atoms with Crippen molar-refractivity contribution in [1.82, 2.24) is 4.72 Å². The van der Waals surface area contributed by atoms with E-state index < -0.39 is 40.4 Å². The highest BCUT2D eigenvalue weighted by Gasteiger charge is 2.48. The molecule has 0 radical (unpaired) electrons. The molecule has 2 aromatic carbocycles. The molecule has 50 heavy (non-hydrogen) atoms. The number of nitrogens with zero attached hydrogens (tertiary/aromatic N) is 2. The molecule has 1 spiro atoms. The van der Waals surface area contributed by atoms with Gasteiger partial charge in [-0.25, -0.2) is 4.21 Å². The Bertz CT molecular complexity index is 1790. The van der Waals surface area contributed by atoms with E-state index in [2.05, 4.69) is 36.9 Å². The summed E-state index contributed by atoms with van der Waals surface area (Å²) in [5.74, 6) is -1.36. The van der Waals surface area contributed by atoms with Crippen LogP contribution in [-0.4, -0.2) is 66.9 Å². The van der Waals surface area contributed by atoms with Crippen LogP contribution in [0.3, 0.4) is 0 Å². The number of rotatable bonds is 5. The van der Waals surface area contributed by atoms with Crippen LogP contribution < -0.4 is 14.4 Å². The average Bonchev–Trinajstić information content (AvgIpc) is 3.17. The number of aryl methyl sites for hydroxylation is 1. The fourth-order valence-corrected chi connectivity index (χ4v) is 10.6. The number of hydrogen-bond donors (Lipinski definition) is 1. The van der Waals surface area contributed by atoms with Gasteiger partial charge in [0, 0.05) is 47.5 Å². The third-order valence-corrected chi connectivity index (χ3v) is 13.5. The van der Waals surface area contributed by atoms with Gasteiger partial charge < -0.3 is 19.1 Å². The Hall–Kier alpha value is -3.06. The highest BCUT2D eigenvalue weighted by molar-refractivity contribution is 7.92. The lowest BCUT2D eigenvalue weighted by Gasteiger charge is -2.50. The van der Waals surface area contributed by atoms with E-state index in [9.17, 15) is 22.6 Å². The Morgan fingerprint density at radius 2 is 2.02 bits per heavy atom. The molecule has 2 aliphatic heterocycles. The van der Waals surface area contributed by atoms with E-state index in [0.29, 0.717) is 30.3 Å². The molecule has 2 bridgehead atoms. The zero-order valence-electron chi connectivity index (χ0n) is 28.3. The Labute approximate surface area is 297 Å². The van der Waals surface area contributed by atoms with Gasteiger partial charge in [0.15, 0.2) is 0 Å². The van der Waals surface area contributed by atoms with Crippen LogP contribution in [0.25, 0.3) is 0 Å². The third-order valence-electron chi connectivity index (χ3n) is 11.2. The van der Waals surface area contributed by atoms with E-state index in [1.54, 1.807) is 25.3 Å². The number of carbonyl (C=O) groups excluding carboxylic acids is 2. The number of ether oxygens (including phenoxy) is 3. The van der Waals surface area contributed by atoms with Crippen LogP contribution in [0.2, 0.25) is 5.02 Å². The summed E-state index contributed by atoms with van der Waals surface area (Å²) in [4.78, 5) is 29.5. The maximum absolute atomic E-state index is 14.4. The van der Waals surface area contributed by atoms with Gasteiger partial charge in [0.1, 0.15) is 15.7 Å². The first kappa shape index (κ1) is 35.3. The minimum atomic E-state index is -3.58. The molecule has 3 aliphatic carbocycles. The summed E-state index contributed by atoms with van der Waals surface area (Å²) in [6.45, 7) is 0.108. The first-order chi connectivity index (χ1) is 24.0. The molecule has 5 aliphatic rings. The van der Waals surface area contributed by atoms with Crippen molar-refractivity contribution in [3.63, 3.8) is 0 Å². The van der Waals surface area contributed by atoms with Gasteiger partial charge in [-0.1, -0.05) is 36.7 Å². The zero-order valence-corrected chi connectivity index (χ0v) is 29.9. The molecule has 13 heteroatoms. The number of amides is 2. The smallest absolute Gasteiger partial charge is 0.345 e. The predicted octanol–water partition coefficient (Wildman–Crippen LogP) is 6.86. The first-order valence-electron chi connectivity index (χ1n) is 17.5. The Kier molecular flexibility index (Phi) is 10.0. The van der Waals surface area contributed by atoms with Gasteiger partial charge in [-0.3, -0.25) is 14.3 Å². The third kappa shape index (κ3) is 7.05. The van der Waals surface area contributed by atoms with Gasteiger partial charge in [-0.2, -0.15) is 8.78 Å². The maximum Gasteiger partial charge on any atom is 0.345 e. The Morgan fingerprint density at radius 1 is 1.20 bits per heavy atom. The molecular formula is C37H44ClF2N3O6S. The number of anilines is 1. The zero-order chi connectivity index (χ0) is 35.2. The number of benzene rings is 2. The lowest BCUT2D eigenvalue weighted by atomic mass is 9.68. The summed E-state index contributed by atoms with van der Waals surface area (Å²) in [7, 11) is -1.86. The minimum absolute atomic E-state index is 0.0612. The van der Waals surface area contributed by atoms with E-state index in [1.165, 1.54) is 11.1 Å². The van der Waals surface area contributed by atoms with Crippen LogP contribution in [0.15, 0.2) is 52.9 Å². The van der Waals surface area contributed by atoms with E-state index in [1.807, 2.05) is 19.1 Å². The molecule has 2 unspecified atom stereocenters. The van der Waals surface area contributed by atoms with E-state index in [4.69, 9.17) is 21.1 Å². The second kappa shape index (κ2) is 14.2. The van der Waals surface area contributed by atoms with Crippen LogP contribution >= 0.6 is 11.6 Å².